The molecular formula is C18H23N3O5S. The molecule has 0 saturated heterocycles. The molecule has 0 unspecified atom stereocenters. The average molecular weight is 393 g/mol. The van der Waals surface area contributed by atoms with E-state index >= 15 is 0 Å². The lowest BCUT2D eigenvalue weighted by molar-refractivity contribution is -0.142. The number of carbonyl (C=O) groups excluding carboxylic acids is 1. The molecule has 9 heteroatoms. The van der Waals surface area contributed by atoms with E-state index in [4.69, 9.17) is 14.6 Å². The second kappa shape index (κ2) is 8.18. The normalized spacial score (nSPS) is 19.8. The SMILES string of the molecule is COCc1nc(OC)c2c(C)c(C(=O)NC3CCC(C(=O)O)CC3)sc2n1. The smallest absolute Gasteiger partial charge is 0.306 e. The van der Waals surface area contributed by atoms with E-state index in [2.05, 4.69) is 15.3 Å². The van der Waals surface area contributed by atoms with Gasteiger partial charge in [0.1, 0.15) is 11.4 Å². The van der Waals surface area contributed by atoms with E-state index in [1.807, 2.05) is 6.92 Å². The molecular weight excluding hydrogens is 370 g/mol. The fourth-order valence-corrected chi connectivity index (χ4v) is 4.53. The molecule has 3 rings (SSSR count). The van der Waals surface area contributed by atoms with Crippen LogP contribution in [0, 0.1) is 12.8 Å². The summed E-state index contributed by atoms with van der Waals surface area (Å²) < 4.78 is 10.5. The maximum Gasteiger partial charge on any atom is 0.306 e. The summed E-state index contributed by atoms with van der Waals surface area (Å²) in [6.07, 6.45) is 2.53. The van der Waals surface area contributed by atoms with Crippen molar-refractivity contribution in [2.75, 3.05) is 14.2 Å². The summed E-state index contributed by atoms with van der Waals surface area (Å²) in [5.41, 5.74) is 0.785. The van der Waals surface area contributed by atoms with Gasteiger partial charge in [0.2, 0.25) is 5.88 Å². The Morgan fingerprint density at radius 2 is 1.93 bits per heavy atom. The van der Waals surface area contributed by atoms with Crippen molar-refractivity contribution in [3.63, 3.8) is 0 Å². The maximum absolute atomic E-state index is 12.8. The molecule has 8 nitrogen and oxygen atoms in total. The first-order chi connectivity index (χ1) is 12.9. The molecule has 0 bridgehead atoms. The van der Waals surface area contributed by atoms with Crippen LogP contribution < -0.4 is 10.1 Å². The number of aliphatic carboxylic acids is 1. The first kappa shape index (κ1) is 19.5. The van der Waals surface area contributed by atoms with Crippen LogP contribution in [0.15, 0.2) is 0 Å². The molecule has 2 aromatic heterocycles. The van der Waals surface area contributed by atoms with Crippen LogP contribution in [-0.2, 0) is 16.1 Å². The predicted octanol–water partition coefficient (Wildman–Crippen LogP) is 2.53. The Bertz CT molecular complexity index is 858. The molecule has 1 saturated carbocycles. The molecule has 2 heterocycles. The second-order valence-electron chi connectivity index (χ2n) is 6.68. The van der Waals surface area contributed by atoms with Gasteiger partial charge in [0.05, 0.1) is 23.3 Å². The molecule has 0 spiro atoms. The Morgan fingerprint density at radius 3 is 2.52 bits per heavy atom. The molecule has 1 fully saturated rings. The molecule has 1 aliphatic carbocycles. The van der Waals surface area contributed by atoms with Crippen molar-refractivity contribution in [2.24, 2.45) is 5.92 Å². The topological polar surface area (TPSA) is 111 Å². The van der Waals surface area contributed by atoms with E-state index < -0.39 is 5.97 Å². The molecule has 1 amide bonds. The standard InChI is InChI=1S/C18H23N3O5S/c1-9-13-16(26-3)20-12(8-25-2)21-17(13)27-14(9)15(22)19-11-6-4-10(5-7-11)18(23)24/h10-11H,4-8H2,1-3H3,(H,19,22)(H,23,24). The number of fused-ring (bicyclic) bond motifs is 1. The zero-order valence-corrected chi connectivity index (χ0v) is 16.4. The minimum absolute atomic E-state index is 0.00487. The van der Waals surface area contributed by atoms with Crippen LogP contribution in [0.25, 0.3) is 10.2 Å². The first-order valence-electron chi connectivity index (χ1n) is 8.81. The number of amides is 1. The maximum atomic E-state index is 12.8. The number of nitrogens with one attached hydrogen (secondary N) is 1. The summed E-state index contributed by atoms with van der Waals surface area (Å²) in [6, 6.07) is -0.00487. The van der Waals surface area contributed by atoms with Crippen LogP contribution in [0.3, 0.4) is 0 Å². The van der Waals surface area contributed by atoms with Crippen LogP contribution in [0.1, 0.15) is 46.7 Å². The van der Waals surface area contributed by atoms with E-state index in [0.717, 1.165) is 10.9 Å². The Morgan fingerprint density at radius 1 is 1.22 bits per heavy atom. The highest BCUT2D eigenvalue weighted by molar-refractivity contribution is 7.20. The summed E-state index contributed by atoms with van der Waals surface area (Å²) in [5, 5.41) is 12.9. The molecule has 0 aromatic carbocycles. The third-order valence-electron chi connectivity index (χ3n) is 4.89. The number of methoxy groups -OCH3 is 2. The van der Waals surface area contributed by atoms with Gasteiger partial charge in [0.15, 0.2) is 5.82 Å². The molecule has 2 N–H and O–H groups in total. The van der Waals surface area contributed by atoms with E-state index in [-0.39, 0.29) is 24.5 Å². The number of aryl methyl sites for hydroxylation is 1. The lowest BCUT2D eigenvalue weighted by atomic mass is 9.86. The highest BCUT2D eigenvalue weighted by Gasteiger charge is 2.28. The Balaban J connectivity index is 1.81. The molecule has 2 aromatic rings. The van der Waals surface area contributed by atoms with Gasteiger partial charge in [-0.15, -0.1) is 11.3 Å². The van der Waals surface area contributed by atoms with Crippen LogP contribution in [0.4, 0.5) is 0 Å². The van der Waals surface area contributed by atoms with Crippen LogP contribution in [0.5, 0.6) is 5.88 Å². The van der Waals surface area contributed by atoms with Crippen molar-refractivity contribution in [2.45, 2.75) is 45.3 Å². The van der Waals surface area contributed by atoms with Crippen molar-refractivity contribution in [1.82, 2.24) is 15.3 Å². The number of aromatic nitrogens is 2. The molecule has 146 valence electrons. The minimum atomic E-state index is -0.752. The van der Waals surface area contributed by atoms with E-state index in [0.29, 0.717) is 47.1 Å². The Kier molecular flexibility index (Phi) is 5.91. The number of carbonyl (C=O) groups is 2. The number of carboxylic acid groups (broad SMARTS) is 1. The van der Waals surface area contributed by atoms with E-state index in [1.54, 1.807) is 7.11 Å². The van der Waals surface area contributed by atoms with Gasteiger partial charge < -0.3 is 19.9 Å². The number of thiophene rings is 1. The third-order valence-corrected chi connectivity index (χ3v) is 6.07. The summed E-state index contributed by atoms with van der Waals surface area (Å²) >= 11 is 1.30. The lowest BCUT2D eigenvalue weighted by Gasteiger charge is -2.26. The van der Waals surface area contributed by atoms with Gasteiger partial charge in [-0.3, -0.25) is 9.59 Å². The van der Waals surface area contributed by atoms with Crippen LogP contribution in [-0.4, -0.2) is 47.2 Å². The van der Waals surface area contributed by atoms with E-state index in [1.165, 1.54) is 18.4 Å². The summed E-state index contributed by atoms with van der Waals surface area (Å²) in [7, 11) is 3.10. The molecule has 1 aliphatic rings. The zero-order chi connectivity index (χ0) is 19.6. The Hall–Kier alpha value is -2.26. The molecule has 0 radical (unpaired) electrons. The van der Waals surface area contributed by atoms with Gasteiger partial charge in [0.25, 0.3) is 5.91 Å². The van der Waals surface area contributed by atoms with Crippen molar-refractivity contribution in [3.8, 4) is 5.88 Å². The fourth-order valence-electron chi connectivity index (χ4n) is 3.44. The van der Waals surface area contributed by atoms with E-state index in [9.17, 15) is 9.59 Å². The number of nitrogens with zero attached hydrogens (tertiary/aromatic N) is 2. The number of ether oxygens (including phenoxy) is 2. The van der Waals surface area contributed by atoms with Gasteiger partial charge in [-0.05, 0) is 38.2 Å². The quantitative estimate of drug-likeness (QED) is 0.776. The average Bonchev–Trinajstić information content (AvgIpc) is 2.98. The first-order valence-corrected chi connectivity index (χ1v) is 9.62. The largest absolute Gasteiger partial charge is 0.481 e. The fraction of sp³-hybridized carbons (Fsp3) is 0.556. The summed E-state index contributed by atoms with van der Waals surface area (Å²) in [6.45, 7) is 2.12. The highest BCUT2D eigenvalue weighted by atomic mass is 32.1. The number of carboxylic acids is 1. The zero-order valence-electron chi connectivity index (χ0n) is 15.6. The van der Waals surface area contributed by atoms with Gasteiger partial charge in [-0.2, -0.15) is 4.98 Å². The number of hydrogen-bond acceptors (Lipinski definition) is 7. The lowest BCUT2D eigenvalue weighted by Crippen LogP contribution is -2.38. The highest BCUT2D eigenvalue weighted by Crippen LogP contribution is 2.35. The number of hydrogen-bond donors (Lipinski definition) is 2. The third kappa shape index (κ3) is 4.03. The van der Waals surface area contributed by atoms with Gasteiger partial charge in [-0.25, -0.2) is 4.98 Å². The summed E-state index contributed by atoms with van der Waals surface area (Å²) in [4.78, 5) is 33.9. The number of rotatable bonds is 6. The van der Waals surface area contributed by atoms with Crippen LogP contribution in [0.2, 0.25) is 0 Å². The molecule has 0 aliphatic heterocycles. The van der Waals surface area contributed by atoms with Crippen molar-refractivity contribution in [1.29, 1.82) is 0 Å². The summed E-state index contributed by atoms with van der Waals surface area (Å²) in [5.74, 6) is -0.283. The van der Waals surface area contributed by atoms with Crippen LogP contribution >= 0.6 is 11.3 Å². The van der Waals surface area contributed by atoms with Crippen molar-refractivity contribution >= 4 is 33.4 Å². The Labute approximate surface area is 160 Å². The van der Waals surface area contributed by atoms with Crippen molar-refractivity contribution < 1.29 is 24.2 Å². The predicted molar refractivity (Wildman–Crippen MR) is 100 cm³/mol. The molecule has 0 atom stereocenters. The van der Waals surface area contributed by atoms with Gasteiger partial charge in [-0.1, -0.05) is 0 Å². The van der Waals surface area contributed by atoms with Crippen molar-refractivity contribution in [3.05, 3.63) is 16.3 Å². The monoisotopic (exact) mass is 393 g/mol. The van der Waals surface area contributed by atoms with Gasteiger partial charge in [0, 0.05) is 13.2 Å². The second-order valence-corrected chi connectivity index (χ2v) is 7.68. The molecule has 27 heavy (non-hydrogen) atoms. The minimum Gasteiger partial charge on any atom is -0.481 e. The van der Waals surface area contributed by atoms with Gasteiger partial charge >= 0.3 is 5.97 Å².